The molecule has 0 aliphatic rings. The number of benzene rings is 3. The van der Waals surface area contributed by atoms with Crippen molar-refractivity contribution in [2.75, 3.05) is 6.61 Å². The number of hydrogen-bond acceptors (Lipinski definition) is 5. The van der Waals surface area contributed by atoms with Gasteiger partial charge >= 0.3 is 11.9 Å². The van der Waals surface area contributed by atoms with Crippen LogP contribution in [0.25, 0.3) is 0 Å². The summed E-state index contributed by atoms with van der Waals surface area (Å²) in [4.78, 5) is 24.6. The summed E-state index contributed by atoms with van der Waals surface area (Å²) in [5.41, 5.74) is 1.07. The Kier molecular flexibility index (Phi) is 6.52. The van der Waals surface area contributed by atoms with Crippen LogP contribution in [0.15, 0.2) is 78.9 Å². The van der Waals surface area contributed by atoms with Gasteiger partial charge in [0.2, 0.25) is 0 Å². The van der Waals surface area contributed by atoms with Gasteiger partial charge in [-0.25, -0.2) is 9.59 Å². The third kappa shape index (κ3) is 5.06. The molecule has 0 radical (unpaired) electrons. The molecule has 0 aliphatic carbocycles. The summed E-state index contributed by atoms with van der Waals surface area (Å²) in [6, 6.07) is 23.1. The first-order valence-electron chi connectivity index (χ1n) is 9.73. The molecule has 154 valence electrons. The molecular weight excluding hydrogens is 380 g/mol. The first kappa shape index (κ1) is 21.1. The van der Waals surface area contributed by atoms with Crippen LogP contribution in [-0.4, -0.2) is 18.5 Å². The Hall–Kier alpha value is -3.60. The van der Waals surface area contributed by atoms with Gasteiger partial charge < -0.3 is 14.2 Å². The Labute approximate surface area is 176 Å². The van der Waals surface area contributed by atoms with Crippen LogP contribution < -0.4 is 9.47 Å². The largest absolute Gasteiger partial charge is 0.483 e. The van der Waals surface area contributed by atoms with E-state index in [0.717, 1.165) is 5.56 Å². The summed E-state index contributed by atoms with van der Waals surface area (Å²) in [7, 11) is 0. The van der Waals surface area contributed by atoms with Crippen LogP contribution in [0, 0.1) is 0 Å². The molecule has 30 heavy (non-hydrogen) atoms. The summed E-state index contributed by atoms with van der Waals surface area (Å²) in [5.74, 6) is -0.313. The lowest BCUT2D eigenvalue weighted by Crippen LogP contribution is -2.25. The Balaban J connectivity index is 1.71. The smallest absolute Gasteiger partial charge is 0.343 e. The van der Waals surface area contributed by atoms with Crippen LogP contribution in [-0.2, 0) is 10.3 Å². The topological polar surface area (TPSA) is 61.8 Å². The number of carbonyl (C=O) groups is 2. The Morgan fingerprint density at radius 3 is 2.10 bits per heavy atom. The zero-order valence-corrected chi connectivity index (χ0v) is 17.3. The van der Waals surface area contributed by atoms with Crippen molar-refractivity contribution >= 4 is 11.9 Å². The Morgan fingerprint density at radius 2 is 1.43 bits per heavy atom. The van der Waals surface area contributed by atoms with E-state index in [1.807, 2.05) is 44.2 Å². The second kappa shape index (κ2) is 9.27. The third-order valence-electron chi connectivity index (χ3n) is 4.52. The molecule has 0 bridgehead atoms. The van der Waals surface area contributed by atoms with Gasteiger partial charge in [-0.05, 0) is 62.7 Å². The van der Waals surface area contributed by atoms with Crippen LogP contribution in [0.4, 0.5) is 0 Å². The third-order valence-corrected chi connectivity index (χ3v) is 4.52. The van der Waals surface area contributed by atoms with Crippen LogP contribution in [0.1, 0.15) is 47.1 Å². The average molecular weight is 404 g/mol. The quantitative estimate of drug-likeness (QED) is 0.390. The highest BCUT2D eigenvalue weighted by atomic mass is 16.5. The number of esters is 2. The number of ether oxygens (including phenoxy) is 3. The molecule has 0 amide bonds. The Bertz CT molecular complexity index is 1010. The second-order valence-corrected chi connectivity index (χ2v) is 7.11. The number of hydrogen-bond donors (Lipinski definition) is 0. The monoisotopic (exact) mass is 404 g/mol. The van der Waals surface area contributed by atoms with E-state index in [1.54, 1.807) is 55.5 Å². The molecule has 3 aromatic carbocycles. The predicted molar refractivity (Wildman–Crippen MR) is 114 cm³/mol. The molecule has 5 nitrogen and oxygen atoms in total. The molecule has 0 saturated heterocycles. The summed E-state index contributed by atoms with van der Waals surface area (Å²) >= 11 is 0. The zero-order valence-electron chi connectivity index (χ0n) is 17.3. The van der Waals surface area contributed by atoms with E-state index in [1.165, 1.54) is 0 Å². The summed E-state index contributed by atoms with van der Waals surface area (Å²) in [6.45, 7) is 5.92. The first-order valence-corrected chi connectivity index (χ1v) is 9.73. The molecule has 0 spiro atoms. The summed E-state index contributed by atoms with van der Waals surface area (Å²) in [5, 5.41) is 0. The highest BCUT2D eigenvalue weighted by molar-refractivity contribution is 5.96. The molecule has 0 aromatic heterocycles. The highest BCUT2D eigenvalue weighted by Crippen LogP contribution is 2.28. The zero-order chi connectivity index (χ0) is 21.6. The fourth-order valence-corrected chi connectivity index (χ4v) is 2.94. The average Bonchev–Trinajstić information content (AvgIpc) is 2.75. The fourth-order valence-electron chi connectivity index (χ4n) is 2.94. The Morgan fingerprint density at radius 1 is 0.800 bits per heavy atom. The van der Waals surface area contributed by atoms with Crippen LogP contribution >= 0.6 is 0 Å². The van der Waals surface area contributed by atoms with Gasteiger partial charge in [0.1, 0.15) is 22.7 Å². The molecule has 3 aromatic rings. The van der Waals surface area contributed by atoms with Crippen molar-refractivity contribution in [1.29, 1.82) is 0 Å². The molecule has 5 heteroatoms. The summed E-state index contributed by atoms with van der Waals surface area (Å²) in [6.07, 6.45) is 0. The normalized spacial score (nSPS) is 10.9. The highest BCUT2D eigenvalue weighted by Gasteiger charge is 2.22. The maximum Gasteiger partial charge on any atom is 0.343 e. The molecule has 0 fully saturated rings. The van der Waals surface area contributed by atoms with Crippen LogP contribution in [0.3, 0.4) is 0 Å². The van der Waals surface area contributed by atoms with Gasteiger partial charge in [-0.1, -0.05) is 42.5 Å². The van der Waals surface area contributed by atoms with Crippen molar-refractivity contribution in [3.63, 3.8) is 0 Å². The van der Waals surface area contributed by atoms with Crippen molar-refractivity contribution in [2.24, 2.45) is 0 Å². The second-order valence-electron chi connectivity index (χ2n) is 7.11. The first-order chi connectivity index (χ1) is 14.4. The maximum atomic E-state index is 12.5. The van der Waals surface area contributed by atoms with Crippen molar-refractivity contribution in [3.05, 3.63) is 95.6 Å². The van der Waals surface area contributed by atoms with Gasteiger partial charge in [-0.3, -0.25) is 0 Å². The molecule has 0 N–H and O–H groups in total. The lowest BCUT2D eigenvalue weighted by molar-refractivity contribution is 0.0520. The fraction of sp³-hybridized carbons (Fsp3) is 0.200. The minimum atomic E-state index is -0.569. The van der Waals surface area contributed by atoms with E-state index < -0.39 is 17.5 Å². The van der Waals surface area contributed by atoms with Gasteiger partial charge in [-0.2, -0.15) is 0 Å². The van der Waals surface area contributed by atoms with Crippen LogP contribution in [0.5, 0.6) is 11.5 Å². The van der Waals surface area contributed by atoms with E-state index in [-0.39, 0.29) is 17.9 Å². The lowest BCUT2D eigenvalue weighted by atomic mass is 9.98. The maximum absolute atomic E-state index is 12.5. The van der Waals surface area contributed by atoms with E-state index in [2.05, 4.69) is 0 Å². The lowest BCUT2D eigenvalue weighted by Gasteiger charge is -2.27. The SMILES string of the molecule is CCOC(=O)c1ccccc1OC(=O)c1ccc(OC(C)(C)c2ccccc2)cc1. The molecule has 3 rings (SSSR count). The van der Waals surface area contributed by atoms with Crippen molar-refractivity contribution in [2.45, 2.75) is 26.4 Å². The standard InChI is InChI=1S/C25H24O5/c1-4-28-24(27)21-12-8-9-13-22(21)29-23(26)18-14-16-20(17-15-18)30-25(2,3)19-10-6-5-7-11-19/h5-17H,4H2,1-3H3. The van der Waals surface area contributed by atoms with E-state index in [9.17, 15) is 9.59 Å². The van der Waals surface area contributed by atoms with E-state index in [0.29, 0.717) is 11.3 Å². The molecule has 0 atom stereocenters. The van der Waals surface area contributed by atoms with Gasteiger partial charge in [0.15, 0.2) is 0 Å². The van der Waals surface area contributed by atoms with Gasteiger partial charge in [0.25, 0.3) is 0 Å². The number of carbonyl (C=O) groups excluding carboxylic acids is 2. The van der Waals surface area contributed by atoms with Gasteiger partial charge in [0, 0.05) is 0 Å². The van der Waals surface area contributed by atoms with Gasteiger partial charge in [0.05, 0.1) is 12.2 Å². The minimum Gasteiger partial charge on any atom is -0.483 e. The molecule has 0 saturated carbocycles. The molecule has 0 unspecified atom stereocenters. The summed E-state index contributed by atoms with van der Waals surface area (Å²) < 4.78 is 16.5. The van der Waals surface area contributed by atoms with E-state index in [4.69, 9.17) is 14.2 Å². The predicted octanol–water partition coefficient (Wildman–Crippen LogP) is 5.40. The van der Waals surface area contributed by atoms with Gasteiger partial charge in [-0.15, -0.1) is 0 Å². The molecule has 0 aliphatic heterocycles. The number of rotatable bonds is 7. The molecule has 0 heterocycles. The number of para-hydroxylation sites is 1. The molecular formula is C25H24O5. The van der Waals surface area contributed by atoms with E-state index >= 15 is 0 Å². The minimum absolute atomic E-state index is 0.159. The van der Waals surface area contributed by atoms with Crippen molar-refractivity contribution < 1.29 is 23.8 Å². The van der Waals surface area contributed by atoms with Crippen molar-refractivity contribution in [1.82, 2.24) is 0 Å². The van der Waals surface area contributed by atoms with Crippen LogP contribution in [0.2, 0.25) is 0 Å². The van der Waals surface area contributed by atoms with Crippen molar-refractivity contribution in [3.8, 4) is 11.5 Å².